The summed E-state index contributed by atoms with van der Waals surface area (Å²) in [5.41, 5.74) is -1.12. The number of halogens is 2. The van der Waals surface area contributed by atoms with E-state index in [1.165, 1.54) is 12.3 Å². The minimum Gasteiger partial charge on any atom is -0.399 e. The molecule has 1 fully saturated rings. The minimum atomic E-state index is -2.66. The molecular weight excluding hydrogens is 315 g/mol. The molecule has 2 rings (SSSR count). The van der Waals surface area contributed by atoms with Gasteiger partial charge >= 0.3 is 7.12 Å². The Balaban J connectivity index is 2.30. The summed E-state index contributed by atoms with van der Waals surface area (Å²) in [6, 6.07) is 1.29. The third-order valence-electron chi connectivity index (χ3n) is 4.37. The van der Waals surface area contributed by atoms with Crippen molar-refractivity contribution in [2.45, 2.75) is 45.3 Å². The van der Waals surface area contributed by atoms with Crippen LogP contribution in [0.2, 0.25) is 0 Å². The summed E-state index contributed by atoms with van der Waals surface area (Å²) in [5.74, 6) is 0.243. The monoisotopic (exact) mass is 339 g/mol. The summed E-state index contributed by atoms with van der Waals surface area (Å²) in [6.45, 7) is 8.11. The third-order valence-corrected chi connectivity index (χ3v) is 4.37. The average Bonchev–Trinajstić information content (AvgIpc) is 2.66. The van der Waals surface area contributed by atoms with E-state index in [4.69, 9.17) is 9.31 Å². The SMILES string of the molecule is CN(C)CC=Nc1cc(C(F)F)c(B2OC(C)(C)C(C)(C)O2)cn1. The zero-order chi connectivity index (χ0) is 18.1. The van der Waals surface area contributed by atoms with E-state index < -0.39 is 24.7 Å². The topological polar surface area (TPSA) is 47.0 Å². The van der Waals surface area contributed by atoms with Crippen molar-refractivity contribution in [1.82, 2.24) is 9.88 Å². The zero-order valence-corrected chi connectivity index (χ0v) is 15.0. The molecule has 0 aliphatic carbocycles. The highest BCUT2D eigenvalue weighted by Crippen LogP contribution is 2.37. The molecule has 1 saturated heterocycles. The first-order valence-corrected chi connectivity index (χ1v) is 7.84. The molecular formula is C16H24BF2N3O2. The molecule has 1 aliphatic rings. The highest BCUT2D eigenvalue weighted by molar-refractivity contribution is 6.62. The van der Waals surface area contributed by atoms with Crippen molar-refractivity contribution < 1.29 is 18.1 Å². The predicted octanol–water partition coefficient (Wildman–Crippen LogP) is 2.58. The number of nitrogens with zero attached hydrogens (tertiary/aromatic N) is 3. The van der Waals surface area contributed by atoms with E-state index in [2.05, 4.69) is 9.98 Å². The largest absolute Gasteiger partial charge is 0.496 e. The van der Waals surface area contributed by atoms with Gasteiger partial charge < -0.3 is 14.2 Å². The maximum atomic E-state index is 13.5. The molecule has 0 N–H and O–H groups in total. The summed E-state index contributed by atoms with van der Waals surface area (Å²) in [5, 5.41) is 0. The van der Waals surface area contributed by atoms with Crippen LogP contribution in [0.3, 0.4) is 0 Å². The van der Waals surface area contributed by atoms with Crippen LogP contribution in [0.15, 0.2) is 17.3 Å². The van der Waals surface area contributed by atoms with Crippen LogP contribution in [0.1, 0.15) is 39.7 Å². The predicted molar refractivity (Wildman–Crippen MR) is 91.6 cm³/mol. The van der Waals surface area contributed by atoms with E-state index in [-0.39, 0.29) is 16.8 Å². The van der Waals surface area contributed by atoms with Crippen LogP contribution in [-0.2, 0) is 9.31 Å². The van der Waals surface area contributed by atoms with E-state index >= 15 is 0 Å². The van der Waals surface area contributed by atoms with Crippen LogP contribution >= 0.6 is 0 Å². The number of aromatic nitrogens is 1. The smallest absolute Gasteiger partial charge is 0.399 e. The second kappa shape index (κ2) is 6.86. The molecule has 8 heteroatoms. The van der Waals surface area contributed by atoms with Gasteiger partial charge in [-0.2, -0.15) is 0 Å². The first kappa shape index (κ1) is 19.0. The molecule has 0 atom stereocenters. The van der Waals surface area contributed by atoms with Crippen LogP contribution in [0, 0.1) is 0 Å². The standard InChI is InChI=1S/C16H24BF2N3O2/c1-15(2)16(3,4)24-17(23-15)12-10-21-13(9-11(12)14(18)19)20-7-8-22(5)6/h7,9-10,14H,8H2,1-6H3. The number of alkyl halides is 2. The van der Waals surface area contributed by atoms with Gasteiger partial charge in [0, 0.05) is 30.0 Å². The Kier molecular flexibility index (Phi) is 5.42. The Morgan fingerprint density at radius 1 is 1.25 bits per heavy atom. The molecule has 24 heavy (non-hydrogen) atoms. The fourth-order valence-electron chi connectivity index (χ4n) is 2.19. The van der Waals surface area contributed by atoms with Crippen LogP contribution in [0.25, 0.3) is 0 Å². The van der Waals surface area contributed by atoms with Crippen molar-refractivity contribution in [2.75, 3.05) is 20.6 Å². The highest BCUT2D eigenvalue weighted by atomic mass is 19.3. The number of rotatable bonds is 5. The molecule has 5 nitrogen and oxygen atoms in total. The van der Waals surface area contributed by atoms with Crippen molar-refractivity contribution in [3.63, 3.8) is 0 Å². The lowest BCUT2D eigenvalue weighted by Crippen LogP contribution is -2.41. The maximum absolute atomic E-state index is 13.5. The molecule has 1 aromatic heterocycles. The number of aliphatic imine (C=N–C) groups is 1. The Bertz CT molecular complexity index is 605. The summed E-state index contributed by atoms with van der Waals surface area (Å²) >= 11 is 0. The number of pyridine rings is 1. The second-order valence-electron chi connectivity index (χ2n) is 7.13. The summed E-state index contributed by atoms with van der Waals surface area (Å²) < 4.78 is 38.7. The van der Waals surface area contributed by atoms with E-state index in [9.17, 15) is 8.78 Å². The molecule has 0 unspecified atom stereocenters. The van der Waals surface area contributed by atoms with E-state index in [0.29, 0.717) is 6.54 Å². The minimum absolute atomic E-state index is 0.166. The lowest BCUT2D eigenvalue weighted by atomic mass is 9.77. The summed E-state index contributed by atoms with van der Waals surface area (Å²) in [4.78, 5) is 10.2. The summed E-state index contributed by atoms with van der Waals surface area (Å²) in [7, 11) is 2.92. The van der Waals surface area contributed by atoms with Gasteiger partial charge in [-0.15, -0.1) is 0 Å². The van der Waals surface area contributed by atoms with Crippen molar-refractivity contribution in [3.8, 4) is 0 Å². The van der Waals surface area contributed by atoms with Crippen LogP contribution in [0.4, 0.5) is 14.6 Å². The first-order valence-electron chi connectivity index (χ1n) is 7.84. The molecule has 0 bridgehead atoms. The highest BCUT2D eigenvalue weighted by Gasteiger charge is 2.52. The molecule has 1 aromatic rings. The lowest BCUT2D eigenvalue weighted by molar-refractivity contribution is 0.00578. The van der Waals surface area contributed by atoms with Crippen LogP contribution in [-0.4, -0.2) is 55.1 Å². The Morgan fingerprint density at radius 2 is 1.83 bits per heavy atom. The molecule has 0 aromatic carbocycles. The van der Waals surface area contributed by atoms with Crippen molar-refractivity contribution in [1.29, 1.82) is 0 Å². The fraction of sp³-hybridized carbons (Fsp3) is 0.625. The molecule has 1 aliphatic heterocycles. The number of hydrogen-bond donors (Lipinski definition) is 0. The van der Waals surface area contributed by atoms with Gasteiger partial charge in [-0.25, -0.2) is 18.8 Å². The van der Waals surface area contributed by atoms with Gasteiger partial charge in [0.2, 0.25) is 0 Å². The molecule has 0 amide bonds. The van der Waals surface area contributed by atoms with Gasteiger partial charge in [0.25, 0.3) is 6.43 Å². The van der Waals surface area contributed by atoms with Gasteiger partial charge in [-0.05, 0) is 47.9 Å². The Morgan fingerprint density at radius 3 is 2.33 bits per heavy atom. The Hall–Kier alpha value is -1.38. The van der Waals surface area contributed by atoms with E-state index in [1.54, 1.807) is 6.21 Å². The van der Waals surface area contributed by atoms with Crippen LogP contribution in [0.5, 0.6) is 0 Å². The zero-order valence-electron chi connectivity index (χ0n) is 15.0. The molecule has 0 saturated carbocycles. The van der Waals surface area contributed by atoms with Gasteiger partial charge in [0.1, 0.15) is 0 Å². The second-order valence-corrected chi connectivity index (χ2v) is 7.13. The summed E-state index contributed by atoms with van der Waals surface area (Å²) in [6.07, 6.45) is 0.336. The van der Waals surface area contributed by atoms with E-state index in [1.807, 2.05) is 46.7 Å². The van der Waals surface area contributed by atoms with Crippen molar-refractivity contribution in [2.24, 2.45) is 4.99 Å². The van der Waals surface area contributed by atoms with E-state index in [0.717, 1.165) is 0 Å². The first-order chi connectivity index (χ1) is 11.0. The van der Waals surface area contributed by atoms with Gasteiger partial charge in [-0.3, -0.25) is 0 Å². The van der Waals surface area contributed by atoms with Crippen LogP contribution < -0.4 is 5.46 Å². The maximum Gasteiger partial charge on any atom is 0.496 e. The van der Waals surface area contributed by atoms with Gasteiger partial charge in [0.05, 0.1) is 11.2 Å². The van der Waals surface area contributed by atoms with Crippen molar-refractivity contribution >= 4 is 24.6 Å². The average molecular weight is 339 g/mol. The van der Waals surface area contributed by atoms with Gasteiger partial charge in [0.15, 0.2) is 5.82 Å². The molecule has 2 heterocycles. The number of hydrogen-bond acceptors (Lipinski definition) is 5. The quantitative estimate of drug-likeness (QED) is 0.611. The normalized spacial score (nSPS) is 19.8. The lowest BCUT2D eigenvalue weighted by Gasteiger charge is -2.32. The molecule has 132 valence electrons. The Labute approximate surface area is 142 Å². The van der Waals surface area contributed by atoms with Crippen molar-refractivity contribution in [3.05, 3.63) is 17.8 Å². The fourth-order valence-corrected chi connectivity index (χ4v) is 2.19. The third kappa shape index (κ3) is 3.99. The molecule has 0 spiro atoms. The van der Waals surface area contributed by atoms with Gasteiger partial charge in [-0.1, -0.05) is 0 Å². The molecule has 0 radical (unpaired) electrons.